The third-order valence-corrected chi connectivity index (χ3v) is 8.07. The summed E-state index contributed by atoms with van der Waals surface area (Å²) in [6.07, 6.45) is 0.853. The van der Waals surface area contributed by atoms with E-state index in [1.807, 2.05) is 6.92 Å². The van der Waals surface area contributed by atoms with Gasteiger partial charge in [0.1, 0.15) is 11.0 Å². The molecule has 0 aromatic carbocycles. The lowest BCUT2D eigenvalue weighted by Gasteiger charge is -2.41. The van der Waals surface area contributed by atoms with E-state index in [0.717, 1.165) is 30.8 Å². The van der Waals surface area contributed by atoms with Crippen molar-refractivity contribution in [2.75, 3.05) is 30.3 Å². The highest BCUT2D eigenvalue weighted by atomic mass is 35.5. The molecule has 34 heavy (non-hydrogen) atoms. The predicted molar refractivity (Wildman–Crippen MR) is 123 cm³/mol. The van der Waals surface area contributed by atoms with Crippen LogP contribution in [0.2, 0.25) is 5.15 Å². The molecular formula is C21H23ClF3N7OS. The average Bonchev–Trinajstić information content (AvgIpc) is 3.30. The van der Waals surface area contributed by atoms with Gasteiger partial charge in [0.15, 0.2) is 5.65 Å². The topological polar surface area (TPSA) is 108 Å². The fraction of sp³-hybridized carbons (Fsp3) is 0.476. The number of fused-ring (bicyclic) bond motifs is 1. The van der Waals surface area contributed by atoms with Crippen molar-refractivity contribution < 1.29 is 17.9 Å². The number of ether oxygens (including phenoxy) is 1. The second-order valence-corrected chi connectivity index (χ2v) is 10.2. The van der Waals surface area contributed by atoms with Crippen LogP contribution < -0.4 is 16.4 Å². The Bertz CT molecular complexity index is 1230. The number of aromatic nitrogens is 4. The zero-order valence-electron chi connectivity index (χ0n) is 18.2. The summed E-state index contributed by atoms with van der Waals surface area (Å²) in [6.45, 7) is 4.04. The first-order valence-electron chi connectivity index (χ1n) is 10.7. The normalized spacial score (nSPS) is 22.7. The molecule has 3 aromatic rings. The van der Waals surface area contributed by atoms with E-state index < -0.39 is 11.7 Å². The molecule has 13 heteroatoms. The summed E-state index contributed by atoms with van der Waals surface area (Å²) in [6, 6.07) is 1.18. The molecule has 182 valence electrons. The number of rotatable bonds is 3. The Hall–Kier alpha value is -2.28. The number of anilines is 2. The number of piperidine rings is 1. The Morgan fingerprint density at radius 2 is 1.88 bits per heavy atom. The van der Waals surface area contributed by atoms with Gasteiger partial charge in [0.2, 0.25) is 5.95 Å². The number of alkyl halides is 3. The lowest BCUT2D eigenvalue weighted by molar-refractivity contribution is -0.140. The van der Waals surface area contributed by atoms with Gasteiger partial charge in [0.25, 0.3) is 0 Å². The molecule has 1 spiro atoms. The summed E-state index contributed by atoms with van der Waals surface area (Å²) in [5, 5.41) is 0.319. The molecule has 2 aliphatic rings. The molecule has 0 radical (unpaired) electrons. The van der Waals surface area contributed by atoms with Gasteiger partial charge in [-0.15, -0.1) is 0 Å². The maximum absolute atomic E-state index is 13.5. The molecule has 4 N–H and O–H groups in total. The highest BCUT2D eigenvalue weighted by Crippen LogP contribution is 2.44. The number of nitrogens with two attached hydrogens (primary N) is 2. The maximum atomic E-state index is 13.5. The third kappa shape index (κ3) is 3.96. The summed E-state index contributed by atoms with van der Waals surface area (Å²) in [4.78, 5) is 15.0. The zero-order chi connectivity index (χ0) is 24.3. The van der Waals surface area contributed by atoms with Crippen LogP contribution in [-0.4, -0.2) is 51.2 Å². The first-order chi connectivity index (χ1) is 16.1. The van der Waals surface area contributed by atoms with E-state index in [1.165, 1.54) is 18.5 Å². The number of nitrogens with zero attached hydrogens (tertiary/aromatic N) is 5. The first kappa shape index (κ1) is 23.5. The van der Waals surface area contributed by atoms with Crippen molar-refractivity contribution in [3.8, 4) is 0 Å². The lowest BCUT2D eigenvalue weighted by atomic mass is 9.73. The van der Waals surface area contributed by atoms with E-state index >= 15 is 0 Å². The van der Waals surface area contributed by atoms with Crippen LogP contribution >= 0.6 is 23.4 Å². The molecule has 0 amide bonds. The molecule has 0 aliphatic carbocycles. The van der Waals surface area contributed by atoms with E-state index in [4.69, 9.17) is 27.8 Å². The van der Waals surface area contributed by atoms with Gasteiger partial charge in [-0.2, -0.15) is 13.2 Å². The van der Waals surface area contributed by atoms with Crippen LogP contribution in [0, 0.1) is 5.41 Å². The number of hydrogen-bond acceptors (Lipinski definition) is 8. The number of imidazole rings is 1. The molecule has 2 aliphatic heterocycles. The minimum Gasteiger partial charge on any atom is -0.384 e. The summed E-state index contributed by atoms with van der Waals surface area (Å²) in [7, 11) is 0. The van der Waals surface area contributed by atoms with Crippen molar-refractivity contribution in [1.29, 1.82) is 0 Å². The fourth-order valence-corrected chi connectivity index (χ4v) is 5.95. The van der Waals surface area contributed by atoms with Crippen LogP contribution in [-0.2, 0) is 10.9 Å². The quantitative estimate of drug-likeness (QED) is 0.543. The molecule has 2 fully saturated rings. The molecule has 0 unspecified atom stereocenters. The SMILES string of the molecule is C[C@@H]1OCC2(CCN(c3ncc(Sc4cc(N)ncc4C(F)(F)F)c4ncc(Cl)n34)CC2)[C@@H]1N. The van der Waals surface area contributed by atoms with Crippen molar-refractivity contribution in [1.82, 2.24) is 19.4 Å². The average molecular weight is 514 g/mol. The molecule has 8 nitrogen and oxygen atoms in total. The van der Waals surface area contributed by atoms with Gasteiger partial charge in [-0.05, 0) is 25.8 Å². The molecular weight excluding hydrogens is 491 g/mol. The fourth-order valence-electron chi connectivity index (χ4n) is 4.71. The summed E-state index contributed by atoms with van der Waals surface area (Å²) in [5.74, 6) is 0.575. The van der Waals surface area contributed by atoms with Crippen LogP contribution in [0.25, 0.3) is 5.65 Å². The predicted octanol–water partition coefficient (Wildman–Crippen LogP) is 3.86. The monoisotopic (exact) mass is 513 g/mol. The summed E-state index contributed by atoms with van der Waals surface area (Å²) in [5.41, 5.74) is 11.6. The second-order valence-electron chi connectivity index (χ2n) is 8.76. The minimum absolute atomic E-state index is 0.0110. The standard InChI is InChI=1S/C21H23ClF3N7OS/c1-11-17(27)20(10-33-11)2-4-31(5-3-20)19-30-8-14(18-29-9-15(22)32(18)19)34-13-6-16(26)28-7-12(13)21(23,24)25/h6-9,11,17H,2-5,10,27H2,1H3,(H2,26,28)/t11-,17+/m0/s1. The highest BCUT2D eigenvalue weighted by molar-refractivity contribution is 7.99. The second kappa shape index (κ2) is 8.43. The molecule has 5 rings (SSSR count). The van der Waals surface area contributed by atoms with Crippen molar-refractivity contribution >= 4 is 40.8 Å². The summed E-state index contributed by atoms with van der Waals surface area (Å²) >= 11 is 7.31. The summed E-state index contributed by atoms with van der Waals surface area (Å²) < 4.78 is 48.0. The Labute approximate surface area is 202 Å². The van der Waals surface area contributed by atoms with Crippen molar-refractivity contribution in [3.05, 3.63) is 35.4 Å². The zero-order valence-corrected chi connectivity index (χ0v) is 19.8. The Morgan fingerprint density at radius 1 is 1.15 bits per heavy atom. The van der Waals surface area contributed by atoms with E-state index in [0.29, 0.717) is 41.3 Å². The number of halogens is 4. The van der Waals surface area contributed by atoms with Gasteiger partial charge in [0.05, 0.1) is 29.4 Å². The third-order valence-electron chi connectivity index (χ3n) is 6.74. The largest absolute Gasteiger partial charge is 0.418 e. The molecule has 0 saturated carbocycles. The van der Waals surface area contributed by atoms with Gasteiger partial charge in [0, 0.05) is 41.8 Å². The van der Waals surface area contributed by atoms with Crippen LogP contribution in [0.4, 0.5) is 24.9 Å². The van der Waals surface area contributed by atoms with E-state index in [2.05, 4.69) is 19.9 Å². The molecule has 0 bridgehead atoms. The van der Waals surface area contributed by atoms with Crippen LogP contribution in [0.1, 0.15) is 25.3 Å². The van der Waals surface area contributed by atoms with Crippen molar-refractivity contribution in [2.45, 2.75) is 47.9 Å². The van der Waals surface area contributed by atoms with Crippen LogP contribution in [0.15, 0.2) is 34.4 Å². The Morgan fingerprint density at radius 3 is 2.53 bits per heavy atom. The maximum Gasteiger partial charge on any atom is 0.418 e. The van der Waals surface area contributed by atoms with Crippen molar-refractivity contribution in [2.24, 2.45) is 11.1 Å². The van der Waals surface area contributed by atoms with Gasteiger partial charge >= 0.3 is 6.18 Å². The van der Waals surface area contributed by atoms with Crippen LogP contribution in [0.5, 0.6) is 0 Å². The lowest BCUT2D eigenvalue weighted by Crippen LogP contribution is -2.51. The molecule has 5 heterocycles. The van der Waals surface area contributed by atoms with Crippen LogP contribution in [0.3, 0.4) is 0 Å². The van der Waals surface area contributed by atoms with Gasteiger partial charge in [-0.1, -0.05) is 23.4 Å². The first-order valence-corrected chi connectivity index (χ1v) is 11.9. The Kier molecular flexibility index (Phi) is 5.82. The van der Waals surface area contributed by atoms with Gasteiger partial charge in [-0.3, -0.25) is 4.40 Å². The highest BCUT2D eigenvalue weighted by Gasteiger charge is 2.48. The van der Waals surface area contributed by atoms with Crippen molar-refractivity contribution in [3.63, 3.8) is 0 Å². The molecule has 2 saturated heterocycles. The minimum atomic E-state index is -4.58. The van der Waals surface area contributed by atoms with E-state index in [-0.39, 0.29) is 28.3 Å². The molecule has 3 aromatic heterocycles. The Balaban J connectivity index is 1.46. The smallest absolute Gasteiger partial charge is 0.384 e. The number of nitrogen functional groups attached to an aromatic ring is 1. The van der Waals surface area contributed by atoms with E-state index in [1.54, 1.807) is 4.40 Å². The van der Waals surface area contributed by atoms with Gasteiger partial charge < -0.3 is 21.1 Å². The molecule has 2 atom stereocenters. The number of pyridine rings is 1. The van der Waals surface area contributed by atoms with Gasteiger partial charge in [-0.25, -0.2) is 15.0 Å². The van der Waals surface area contributed by atoms with E-state index in [9.17, 15) is 13.2 Å². The number of hydrogen-bond donors (Lipinski definition) is 2.